The molecule has 2 rings (SSSR count). The maximum atomic E-state index is 11.8. The van der Waals surface area contributed by atoms with Crippen LogP contribution in [0.25, 0.3) is 0 Å². The first kappa shape index (κ1) is 10.9. The number of carbonyl (C=O) groups is 1. The Hall–Kier alpha value is -0.610. The molecule has 86 valence electrons. The number of β-amino-alcohol motifs (C(OH)–C–C–N with tert-alkyl or cyclic N) is 1. The maximum Gasteiger partial charge on any atom is 0.224 e. The number of hydrogen-bond donors (Lipinski definition) is 2. The van der Waals surface area contributed by atoms with Gasteiger partial charge in [-0.15, -0.1) is 0 Å². The van der Waals surface area contributed by atoms with Gasteiger partial charge in [-0.3, -0.25) is 4.79 Å². The number of rotatable bonds is 3. The van der Waals surface area contributed by atoms with Gasteiger partial charge in [0.05, 0.1) is 6.10 Å². The highest BCUT2D eigenvalue weighted by Gasteiger charge is 2.31. The van der Waals surface area contributed by atoms with E-state index in [9.17, 15) is 9.90 Å². The molecule has 0 aromatic heterocycles. The van der Waals surface area contributed by atoms with Crippen molar-refractivity contribution in [2.24, 2.45) is 11.7 Å². The van der Waals surface area contributed by atoms with Crippen molar-refractivity contribution >= 4 is 5.91 Å². The Bertz CT molecular complexity index is 241. The normalized spacial score (nSPS) is 28.9. The minimum absolute atomic E-state index is 0.0385. The highest BCUT2D eigenvalue weighted by molar-refractivity contribution is 5.77. The average Bonchev–Trinajstić information content (AvgIpc) is 3.00. The van der Waals surface area contributed by atoms with Gasteiger partial charge in [-0.2, -0.15) is 0 Å². The van der Waals surface area contributed by atoms with Gasteiger partial charge in [-0.05, 0) is 31.6 Å². The summed E-state index contributed by atoms with van der Waals surface area (Å²) in [5, 5.41) is 9.46. The highest BCUT2D eigenvalue weighted by Crippen LogP contribution is 2.33. The predicted octanol–water partition coefficient (Wildman–Crippen LogP) is 0.0971. The molecule has 4 nitrogen and oxygen atoms in total. The van der Waals surface area contributed by atoms with Crippen LogP contribution in [0.1, 0.15) is 32.1 Å². The van der Waals surface area contributed by atoms with E-state index in [2.05, 4.69) is 0 Å². The molecule has 0 aromatic carbocycles. The van der Waals surface area contributed by atoms with Gasteiger partial charge in [0.1, 0.15) is 0 Å². The first-order chi connectivity index (χ1) is 7.16. The zero-order valence-electron chi connectivity index (χ0n) is 9.06. The van der Waals surface area contributed by atoms with Crippen LogP contribution in [0.15, 0.2) is 0 Å². The monoisotopic (exact) mass is 212 g/mol. The van der Waals surface area contributed by atoms with Crippen molar-refractivity contribution in [3.8, 4) is 0 Å². The second kappa shape index (κ2) is 4.49. The molecule has 1 saturated carbocycles. The van der Waals surface area contributed by atoms with E-state index in [4.69, 9.17) is 5.73 Å². The predicted molar refractivity (Wildman–Crippen MR) is 57.1 cm³/mol. The van der Waals surface area contributed by atoms with E-state index in [1.165, 1.54) is 12.8 Å². The smallest absolute Gasteiger partial charge is 0.224 e. The van der Waals surface area contributed by atoms with Crippen molar-refractivity contribution in [3.63, 3.8) is 0 Å². The fraction of sp³-hybridized carbons (Fsp3) is 0.909. The van der Waals surface area contributed by atoms with Crippen molar-refractivity contribution in [1.29, 1.82) is 0 Å². The highest BCUT2D eigenvalue weighted by atomic mass is 16.3. The van der Waals surface area contributed by atoms with E-state index in [0.717, 1.165) is 19.4 Å². The van der Waals surface area contributed by atoms with Crippen LogP contribution in [0.5, 0.6) is 0 Å². The second-order valence-electron chi connectivity index (χ2n) is 4.84. The lowest BCUT2D eigenvalue weighted by molar-refractivity contribution is -0.134. The maximum absolute atomic E-state index is 11.8. The van der Waals surface area contributed by atoms with Crippen LogP contribution in [0.4, 0.5) is 0 Å². The summed E-state index contributed by atoms with van der Waals surface area (Å²) in [7, 11) is 0. The lowest BCUT2D eigenvalue weighted by Crippen LogP contribution is -2.44. The fourth-order valence-electron chi connectivity index (χ4n) is 2.20. The molecule has 0 bridgehead atoms. The third kappa shape index (κ3) is 2.92. The molecule has 0 aromatic rings. The molecule has 0 spiro atoms. The van der Waals surface area contributed by atoms with E-state index < -0.39 is 0 Å². The summed E-state index contributed by atoms with van der Waals surface area (Å²) in [4.78, 5) is 13.6. The van der Waals surface area contributed by atoms with Crippen molar-refractivity contribution in [2.45, 2.75) is 44.2 Å². The molecule has 1 heterocycles. The van der Waals surface area contributed by atoms with E-state index in [1.54, 1.807) is 4.90 Å². The third-order valence-corrected chi connectivity index (χ3v) is 3.39. The summed E-state index contributed by atoms with van der Waals surface area (Å²) in [6.45, 7) is 1.28. The summed E-state index contributed by atoms with van der Waals surface area (Å²) >= 11 is 0. The number of likely N-dealkylation sites (tertiary alicyclic amines) is 1. The van der Waals surface area contributed by atoms with Crippen LogP contribution in [-0.4, -0.2) is 41.1 Å². The second-order valence-corrected chi connectivity index (χ2v) is 4.84. The molecule has 1 amide bonds. The fourth-order valence-corrected chi connectivity index (χ4v) is 2.20. The van der Waals surface area contributed by atoms with Crippen molar-refractivity contribution < 1.29 is 9.90 Å². The summed E-state index contributed by atoms with van der Waals surface area (Å²) < 4.78 is 0. The number of amides is 1. The number of hydrogen-bond acceptors (Lipinski definition) is 3. The van der Waals surface area contributed by atoms with Gasteiger partial charge in [0.15, 0.2) is 0 Å². The van der Waals surface area contributed by atoms with Crippen LogP contribution < -0.4 is 5.73 Å². The van der Waals surface area contributed by atoms with E-state index in [-0.39, 0.29) is 18.1 Å². The number of piperidine rings is 1. The Morgan fingerprint density at radius 3 is 2.80 bits per heavy atom. The van der Waals surface area contributed by atoms with Gasteiger partial charge in [0.25, 0.3) is 0 Å². The van der Waals surface area contributed by atoms with Gasteiger partial charge in [-0.1, -0.05) is 0 Å². The van der Waals surface area contributed by atoms with Gasteiger partial charge in [-0.25, -0.2) is 0 Å². The molecular formula is C11H20N2O2. The number of aliphatic hydroxyl groups excluding tert-OH is 1. The van der Waals surface area contributed by atoms with Gasteiger partial charge >= 0.3 is 0 Å². The Kier molecular flexibility index (Phi) is 3.26. The minimum Gasteiger partial charge on any atom is -0.391 e. The van der Waals surface area contributed by atoms with Crippen LogP contribution in [0.2, 0.25) is 0 Å². The van der Waals surface area contributed by atoms with Crippen LogP contribution in [0.3, 0.4) is 0 Å². The lowest BCUT2D eigenvalue weighted by Gasteiger charge is -2.30. The molecule has 4 heteroatoms. The molecule has 2 atom stereocenters. The first-order valence-electron chi connectivity index (χ1n) is 5.88. The van der Waals surface area contributed by atoms with Crippen LogP contribution >= 0.6 is 0 Å². The van der Waals surface area contributed by atoms with Crippen molar-refractivity contribution in [1.82, 2.24) is 4.90 Å². The van der Waals surface area contributed by atoms with Gasteiger partial charge < -0.3 is 15.7 Å². The summed E-state index contributed by atoms with van der Waals surface area (Å²) in [5.41, 5.74) is 5.91. The van der Waals surface area contributed by atoms with Crippen molar-refractivity contribution in [2.75, 3.05) is 13.1 Å². The molecule has 15 heavy (non-hydrogen) atoms. The Balaban J connectivity index is 1.78. The summed E-state index contributed by atoms with van der Waals surface area (Å²) in [5.74, 6) is 0.691. The standard InChI is InChI=1S/C11H20N2O2/c12-10(8-3-4-8)6-11(15)13-5-1-2-9(14)7-13/h8-10,14H,1-7,12H2/t9-,10?/m0/s1. The number of nitrogens with zero attached hydrogens (tertiary/aromatic N) is 1. The largest absolute Gasteiger partial charge is 0.391 e. The number of aliphatic hydroxyl groups is 1. The topological polar surface area (TPSA) is 66.6 Å². The van der Waals surface area contributed by atoms with E-state index in [1.807, 2.05) is 0 Å². The quantitative estimate of drug-likeness (QED) is 0.697. The first-order valence-corrected chi connectivity index (χ1v) is 5.88. The zero-order chi connectivity index (χ0) is 10.8. The Morgan fingerprint density at radius 1 is 1.47 bits per heavy atom. The summed E-state index contributed by atoms with van der Waals surface area (Å²) in [6.07, 6.45) is 4.20. The molecule has 1 aliphatic carbocycles. The zero-order valence-corrected chi connectivity index (χ0v) is 9.06. The summed E-state index contributed by atoms with van der Waals surface area (Å²) in [6, 6.07) is 0.0385. The molecule has 1 aliphatic heterocycles. The number of carbonyl (C=O) groups excluding carboxylic acids is 1. The average molecular weight is 212 g/mol. The molecule has 2 aliphatic rings. The number of nitrogens with two attached hydrogens (primary N) is 1. The minimum atomic E-state index is -0.333. The molecule has 1 unspecified atom stereocenters. The van der Waals surface area contributed by atoms with Crippen LogP contribution in [0, 0.1) is 5.92 Å². The lowest BCUT2D eigenvalue weighted by atomic mass is 10.1. The van der Waals surface area contributed by atoms with E-state index >= 15 is 0 Å². The van der Waals surface area contributed by atoms with Gasteiger partial charge in [0.2, 0.25) is 5.91 Å². The van der Waals surface area contributed by atoms with E-state index in [0.29, 0.717) is 18.9 Å². The van der Waals surface area contributed by atoms with Crippen molar-refractivity contribution in [3.05, 3.63) is 0 Å². The molecule has 2 fully saturated rings. The Morgan fingerprint density at radius 2 is 2.20 bits per heavy atom. The molecule has 3 N–H and O–H groups in total. The van der Waals surface area contributed by atoms with Crippen LogP contribution in [-0.2, 0) is 4.79 Å². The molecule has 1 saturated heterocycles. The third-order valence-electron chi connectivity index (χ3n) is 3.39. The molecular weight excluding hydrogens is 192 g/mol. The SMILES string of the molecule is NC(CC(=O)N1CCC[C@H](O)C1)C1CC1. The van der Waals surface area contributed by atoms with Gasteiger partial charge in [0, 0.05) is 25.6 Å². The molecule has 0 radical (unpaired) electrons. The Labute approximate surface area is 90.4 Å².